The first kappa shape index (κ1) is 17.7. The highest BCUT2D eigenvalue weighted by molar-refractivity contribution is 5.77. The van der Waals surface area contributed by atoms with Gasteiger partial charge in [0.25, 0.3) is 0 Å². The molecule has 0 aliphatic rings. The number of aliphatic hydroxyl groups excluding tert-OH is 1. The Hall–Kier alpha value is -2.66. The molecule has 27 heavy (non-hydrogen) atoms. The molecular formula is C22H26N4O. The van der Waals surface area contributed by atoms with Gasteiger partial charge in [0, 0.05) is 6.42 Å². The monoisotopic (exact) mass is 362 g/mol. The van der Waals surface area contributed by atoms with E-state index in [2.05, 4.69) is 48.5 Å². The third-order valence-corrected chi connectivity index (χ3v) is 5.24. The number of hydrogen-bond acceptors (Lipinski definition) is 3. The van der Waals surface area contributed by atoms with Gasteiger partial charge >= 0.3 is 0 Å². The lowest BCUT2D eigenvalue weighted by Gasteiger charge is -2.16. The number of nitrogens with zero attached hydrogens (tertiary/aromatic N) is 4. The first-order valence-corrected chi connectivity index (χ1v) is 9.61. The summed E-state index contributed by atoms with van der Waals surface area (Å²) in [7, 11) is 0. The van der Waals surface area contributed by atoms with Crippen LogP contribution >= 0.6 is 0 Å². The molecule has 140 valence electrons. The molecule has 5 nitrogen and oxygen atoms in total. The smallest absolute Gasteiger partial charge is 0.109 e. The minimum atomic E-state index is -0.516. The van der Waals surface area contributed by atoms with Crippen molar-refractivity contribution < 1.29 is 5.11 Å². The van der Waals surface area contributed by atoms with Crippen LogP contribution in [0.5, 0.6) is 0 Å². The fourth-order valence-electron chi connectivity index (χ4n) is 3.70. The Kier molecular flexibility index (Phi) is 4.70. The second-order valence-corrected chi connectivity index (χ2v) is 7.35. The number of imidazole rings is 2. The lowest BCUT2D eigenvalue weighted by molar-refractivity contribution is 0.136. The number of hydrogen-bond donors (Lipinski definition) is 1. The molecule has 0 aliphatic carbocycles. The Morgan fingerprint density at radius 2 is 1.78 bits per heavy atom. The van der Waals surface area contributed by atoms with Gasteiger partial charge in [0.15, 0.2) is 0 Å². The number of rotatable bonds is 6. The van der Waals surface area contributed by atoms with Gasteiger partial charge in [0.1, 0.15) is 5.82 Å². The van der Waals surface area contributed by atoms with Gasteiger partial charge in [-0.05, 0) is 55.7 Å². The summed E-state index contributed by atoms with van der Waals surface area (Å²) in [6.45, 7) is 7.40. The molecule has 0 saturated carbocycles. The molecule has 0 fully saturated rings. The highest BCUT2D eigenvalue weighted by atomic mass is 16.3. The summed E-state index contributed by atoms with van der Waals surface area (Å²) in [5, 5.41) is 10.8. The molecule has 0 amide bonds. The zero-order valence-electron chi connectivity index (χ0n) is 16.2. The van der Waals surface area contributed by atoms with E-state index in [1.54, 1.807) is 0 Å². The van der Waals surface area contributed by atoms with Gasteiger partial charge in [-0.2, -0.15) is 0 Å². The van der Waals surface area contributed by atoms with Crippen LogP contribution in [0, 0.1) is 13.8 Å². The minimum Gasteiger partial charge on any atom is -0.389 e. The van der Waals surface area contributed by atoms with E-state index in [1.165, 1.54) is 11.1 Å². The number of benzene rings is 2. The normalized spacial score (nSPS) is 12.9. The van der Waals surface area contributed by atoms with Gasteiger partial charge in [-0.3, -0.25) is 0 Å². The maximum atomic E-state index is 10.8. The fraction of sp³-hybridized carbons (Fsp3) is 0.364. The van der Waals surface area contributed by atoms with E-state index in [0.717, 1.165) is 40.7 Å². The predicted octanol–water partition coefficient (Wildman–Crippen LogP) is 4.02. The average Bonchev–Trinajstić information content (AvgIpc) is 3.18. The molecule has 0 bridgehead atoms. The van der Waals surface area contributed by atoms with E-state index in [4.69, 9.17) is 4.98 Å². The summed E-state index contributed by atoms with van der Waals surface area (Å²) in [5.41, 5.74) is 6.60. The van der Waals surface area contributed by atoms with E-state index in [-0.39, 0.29) is 0 Å². The maximum Gasteiger partial charge on any atom is 0.109 e. The maximum absolute atomic E-state index is 10.8. The van der Waals surface area contributed by atoms with Crippen molar-refractivity contribution in [3.63, 3.8) is 0 Å². The zero-order valence-corrected chi connectivity index (χ0v) is 16.2. The van der Waals surface area contributed by atoms with E-state index in [9.17, 15) is 5.11 Å². The molecule has 2 aromatic heterocycles. The lowest BCUT2D eigenvalue weighted by atomic mass is 10.1. The first-order chi connectivity index (χ1) is 13.1. The molecule has 0 saturated heterocycles. The summed E-state index contributed by atoms with van der Waals surface area (Å²) in [4.78, 5) is 9.26. The van der Waals surface area contributed by atoms with Crippen LogP contribution in [0.4, 0.5) is 0 Å². The molecule has 0 unspecified atom stereocenters. The van der Waals surface area contributed by atoms with Crippen molar-refractivity contribution >= 4 is 22.1 Å². The van der Waals surface area contributed by atoms with Gasteiger partial charge in [-0.1, -0.05) is 19.1 Å². The second kappa shape index (κ2) is 7.16. The fourth-order valence-corrected chi connectivity index (χ4v) is 3.70. The molecule has 1 N–H and O–H groups in total. The first-order valence-electron chi connectivity index (χ1n) is 9.61. The summed E-state index contributed by atoms with van der Waals surface area (Å²) in [6.07, 6.45) is 3.25. The molecule has 2 heterocycles. The molecular weight excluding hydrogens is 336 g/mol. The molecule has 5 heteroatoms. The van der Waals surface area contributed by atoms with Crippen molar-refractivity contribution in [3.05, 3.63) is 59.7 Å². The quantitative estimate of drug-likeness (QED) is 0.564. The van der Waals surface area contributed by atoms with Crippen molar-refractivity contribution in [2.24, 2.45) is 0 Å². The largest absolute Gasteiger partial charge is 0.389 e. The third-order valence-electron chi connectivity index (χ3n) is 5.24. The molecule has 4 aromatic rings. The van der Waals surface area contributed by atoms with Crippen LogP contribution in [0.15, 0.2) is 42.7 Å². The summed E-state index contributed by atoms with van der Waals surface area (Å²) < 4.78 is 4.21. The predicted molar refractivity (Wildman–Crippen MR) is 109 cm³/mol. The standard InChI is InChI=1S/C22H26N4O/c1-4-7-22-24-18-8-5-6-9-20(18)26(22)13-17(27)12-25-14-23-19-10-15(2)16(3)11-21(19)25/h5-6,8-11,14,17,27H,4,7,12-13H2,1-3H3/t17-/m1/s1. The Labute approximate surface area is 159 Å². The Bertz CT molecular complexity index is 1090. The van der Waals surface area contributed by atoms with Gasteiger partial charge < -0.3 is 14.2 Å². The number of fused-ring (bicyclic) bond motifs is 2. The summed E-state index contributed by atoms with van der Waals surface area (Å²) in [6, 6.07) is 12.4. The number of aryl methyl sites for hydroxylation is 3. The topological polar surface area (TPSA) is 55.9 Å². The summed E-state index contributed by atoms with van der Waals surface area (Å²) in [5.74, 6) is 1.04. The van der Waals surface area contributed by atoms with Crippen molar-refractivity contribution in [1.29, 1.82) is 0 Å². The highest BCUT2D eigenvalue weighted by Gasteiger charge is 2.15. The van der Waals surface area contributed by atoms with Crippen LogP contribution < -0.4 is 0 Å². The number of aromatic nitrogens is 4. The molecule has 4 rings (SSSR count). The van der Waals surface area contributed by atoms with Crippen LogP contribution in [0.3, 0.4) is 0 Å². The van der Waals surface area contributed by atoms with Gasteiger partial charge in [-0.15, -0.1) is 0 Å². The van der Waals surface area contributed by atoms with E-state index < -0.39 is 6.10 Å². The Balaban J connectivity index is 1.62. The zero-order chi connectivity index (χ0) is 19.0. The third kappa shape index (κ3) is 3.35. The second-order valence-electron chi connectivity index (χ2n) is 7.35. The highest BCUT2D eigenvalue weighted by Crippen LogP contribution is 2.21. The van der Waals surface area contributed by atoms with E-state index in [0.29, 0.717) is 13.1 Å². The Morgan fingerprint density at radius 1 is 1.00 bits per heavy atom. The molecule has 0 aliphatic heterocycles. The average molecular weight is 362 g/mol. The molecule has 0 spiro atoms. The van der Waals surface area contributed by atoms with Gasteiger partial charge in [-0.25, -0.2) is 9.97 Å². The van der Waals surface area contributed by atoms with Crippen molar-refractivity contribution in [1.82, 2.24) is 19.1 Å². The SMILES string of the molecule is CCCc1nc2ccccc2n1C[C@H](O)Cn1cnc2cc(C)c(C)cc21. The van der Waals surface area contributed by atoms with E-state index >= 15 is 0 Å². The van der Waals surface area contributed by atoms with Crippen LogP contribution in [-0.2, 0) is 19.5 Å². The van der Waals surface area contributed by atoms with Crippen LogP contribution in [0.25, 0.3) is 22.1 Å². The number of aliphatic hydroxyl groups is 1. The summed E-state index contributed by atoms with van der Waals surface area (Å²) >= 11 is 0. The Morgan fingerprint density at radius 3 is 2.59 bits per heavy atom. The van der Waals surface area contributed by atoms with Crippen LogP contribution in [0.1, 0.15) is 30.3 Å². The molecule has 2 aromatic carbocycles. The number of para-hydroxylation sites is 2. The lowest BCUT2D eigenvalue weighted by Crippen LogP contribution is -2.23. The van der Waals surface area contributed by atoms with Crippen LogP contribution in [-0.4, -0.2) is 30.3 Å². The molecule has 1 atom stereocenters. The van der Waals surface area contributed by atoms with E-state index in [1.807, 2.05) is 29.1 Å². The van der Waals surface area contributed by atoms with Crippen LogP contribution in [0.2, 0.25) is 0 Å². The minimum absolute atomic E-state index is 0.511. The van der Waals surface area contributed by atoms with Gasteiger partial charge in [0.05, 0.1) is 47.6 Å². The molecule has 0 radical (unpaired) electrons. The van der Waals surface area contributed by atoms with Gasteiger partial charge in [0.2, 0.25) is 0 Å². The van der Waals surface area contributed by atoms with Crippen molar-refractivity contribution in [2.45, 2.75) is 52.8 Å². The van der Waals surface area contributed by atoms with Crippen molar-refractivity contribution in [2.75, 3.05) is 0 Å². The van der Waals surface area contributed by atoms with Crippen molar-refractivity contribution in [3.8, 4) is 0 Å².